The maximum absolute atomic E-state index is 11.9. The molecule has 8 atom stereocenters. The van der Waals surface area contributed by atoms with Crippen molar-refractivity contribution < 1.29 is 67.0 Å². The van der Waals surface area contributed by atoms with Crippen molar-refractivity contribution in [2.75, 3.05) is 6.61 Å². The molecule has 0 saturated carbocycles. The number of phosphoric ester groups is 1. The Hall–Kier alpha value is -0.740. The third-order valence-electron chi connectivity index (χ3n) is 4.29. The molecule has 0 aromatic heterocycles. The van der Waals surface area contributed by atoms with Crippen LogP contribution in [0, 0.1) is 0 Å². The summed E-state index contributed by atoms with van der Waals surface area (Å²) < 4.78 is 48.5. The highest BCUT2D eigenvalue weighted by Gasteiger charge is 2.60. The number of nitrogens with zero attached hydrogens (tertiary/aromatic N) is 1. The van der Waals surface area contributed by atoms with Gasteiger partial charge in [-0.2, -0.15) is 0 Å². The van der Waals surface area contributed by atoms with Crippen molar-refractivity contribution in [3.05, 3.63) is 12.3 Å². The van der Waals surface area contributed by atoms with E-state index in [-0.39, 0.29) is 6.92 Å². The van der Waals surface area contributed by atoms with Crippen LogP contribution in [-0.4, -0.2) is 88.2 Å². The van der Waals surface area contributed by atoms with Gasteiger partial charge in [0.1, 0.15) is 18.3 Å². The maximum Gasteiger partial charge on any atom is 0.479 e. The van der Waals surface area contributed by atoms with Gasteiger partial charge in [-0.3, -0.25) is 18.6 Å². The van der Waals surface area contributed by atoms with E-state index in [1.165, 1.54) is 12.3 Å². The van der Waals surface area contributed by atoms with Crippen LogP contribution in [0.15, 0.2) is 12.3 Å². The summed E-state index contributed by atoms with van der Waals surface area (Å²) >= 11 is 0. The van der Waals surface area contributed by atoms with E-state index in [4.69, 9.17) is 20.3 Å². The van der Waals surface area contributed by atoms with Crippen molar-refractivity contribution in [1.29, 1.82) is 0 Å². The fraction of sp³-hybridized carbons (Fsp3) is 0.727. The summed E-state index contributed by atoms with van der Waals surface area (Å²) in [6.45, 7) is -0.832. The summed E-state index contributed by atoms with van der Waals surface area (Å²) in [5.41, 5.74) is 5.48. The maximum atomic E-state index is 11.9. The lowest BCUT2D eigenvalue weighted by molar-refractivity contribution is -0.0653. The smallest absolute Gasteiger partial charge is 0.387 e. The number of ether oxygens (including phenoxy) is 1. The zero-order valence-electron chi connectivity index (χ0n) is 15.6. The fourth-order valence-electron chi connectivity index (χ4n) is 2.39. The summed E-state index contributed by atoms with van der Waals surface area (Å²) in [4.78, 5) is 49.8. The van der Waals surface area contributed by atoms with Gasteiger partial charge in [0.25, 0.3) is 5.08 Å². The Labute approximate surface area is 174 Å². The van der Waals surface area contributed by atoms with E-state index >= 15 is 0 Å². The molecule has 10 N–H and O–H groups in total. The van der Waals surface area contributed by atoms with Gasteiger partial charge in [-0.25, -0.2) is 13.7 Å². The van der Waals surface area contributed by atoms with Gasteiger partial charge in [0.2, 0.25) is 0 Å². The molecule has 31 heavy (non-hydrogen) atoms. The second kappa shape index (κ2) is 8.89. The first kappa shape index (κ1) is 26.5. The molecule has 2 amide bonds. The van der Waals surface area contributed by atoms with Crippen molar-refractivity contribution in [3.63, 3.8) is 0 Å². The first-order valence-corrected chi connectivity index (χ1v) is 12.9. The number of hydrogen-bond acceptors (Lipinski definition) is 11. The molecule has 0 aromatic rings. The van der Waals surface area contributed by atoms with Gasteiger partial charge >= 0.3 is 29.0 Å². The molecule has 2 heterocycles. The van der Waals surface area contributed by atoms with Gasteiger partial charge in [0.05, 0.1) is 12.8 Å². The molecule has 0 radical (unpaired) electrons. The van der Waals surface area contributed by atoms with Gasteiger partial charge in [-0.1, -0.05) is 0 Å². The first-order valence-electron chi connectivity index (χ1n) is 8.23. The van der Waals surface area contributed by atoms with E-state index < -0.39 is 71.4 Å². The molecule has 2 rings (SSSR count). The van der Waals surface area contributed by atoms with E-state index in [0.29, 0.717) is 0 Å². The van der Waals surface area contributed by atoms with Crippen LogP contribution >= 0.6 is 23.0 Å². The highest BCUT2D eigenvalue weighted by molar-refractivity contribution is 7.75. The number of aliphatic hydroxyl groups is 3. The number of carbonyl (C=O) groups is 1. The van der Waals surface area contributed by atoms with Crippen LogP contribution in [-0.2, 0) is 27.3 Å². The van der Waals surface area contributed by atoms with Crippen molar-refractivity contribution in [3.8, 4) is 0 Å². The molecule has 5 unspecified atom stereocenters. The quantitative estimate of drug-likeness (QED) is 0.151. The normalized spacial score (nSPS) is 35.2. The number of carbonyl (C=O) groups excluding carboxylic acids is 1. The van der Waals surface area contributed by atoms with Gasteiger partial charge < -0.3 is 50.7 Å². The predicted molar refractivity (Wildman–Crippen MR) is 97.5 cm³/mol. The average Bonchev–Trinajstić information content (AvgIpc) is 2.86. The standard InChI is InChI=1S/C11H22N3O14P3/c1-11(18,29(19,20)21)30(22,23)28-31(24,25)26-4-5-7(15)8(16)9(27-5)14-3-2-6(12)13-10(14)17/h2-3,5-9,15-16,18H,4,12H2,1H3,(H,13,17)(H,22,23)(H,24,25)(H2,19,20,21)/t5?,6?,7-,8+,9-,11?/m1/s1. The summed E-state index contributed by atoms with van der Waals surface area (Å²) in [6.07, 6.45) is -4.80. The summed E-state index contributed by atoms with van der Waals surface area (Å²) in [7, 11) is -17.1. The van der Waals surface area contributed by atoms with Crippen LogP contribution in [0.4, 0.5) is 4.79 Å². The van der Waals surface area contributed by atoms with Crippen LogP contribution in [0.5, 0.6) is 0 Å². The number of nitrogens with one attached hydrogen (secondary N) is 1. The van der Waals surface area contributed by atoms with E-state index in [1.54, 1.807) is 0 Å². The number of urea groups is 1. The highest BCUT2D eigenvalue weighted by atomic mass is 31.3. The SMILES string of the molecule is CC(O)(P(=O)(O)O)P(=O)(O)OP(=O)(O)OCC1O[C@@H](N2C=CC(N)NC2=O)[C@@H](O)[C@@H]1O. The molecule has 1 saturated heterocycles. The average molecular weight is 513 g/mol. The van der Waals surface area contributed by atoms with Gasteiger partial charge in [0, 0.05) is 6.20 Å². The van der Waals surface area contributed by atoms with Crippen LogP contribution in [0.2, 0.25) is 0 Å². The van der Waals surface area contributed by atoms with E-state index in [2.05, 4.69) is 14.2 Å². The lowest BCUT2D eigenvalue weighted by Crippen LogP contribution is -2.55. The van der Waals surface area contributed by atoms with E-state index in [1.807, 2.05) is 0 Å². The monoisotopic (exact) mass is 513 g/mol. The van der Waals surface area contributed by atoms with Crippen LogP contribution < -0.4 is 11.1 Å². The van der Waals surface area contributed by atoms with E-state index in [9.17, 15) is 43.6 Å². The molecule has 20 heteroatoms. The Bertz CT molecular complexity index is 875. The highest BCUT2D eigenvalue weighted by Crippen LogP contribution is 2.74. The lowest BCUT2D eigenvalue weighted by atomic mass is 10.1. The number of rotatable bonds is 8. The van der Waals surface area contributed by atoms with E-state index in [0.717, 1.165) is 4.90 Å². The Kier molecular flexibility index (Phi) is 7.61. The second-order valence-electron chi connectivity index (χ2n) is 6.65. The number of nitrogens with two attached hydrogens (primary N) is 1. The topological polar surface area (TPSA) is 279 Å². The first-order chi connectivity index (χ1) is 13.9. The Morgan fingerprint density at radius 3 is 2.32 bits per heavy atom. The van der Waals surface area contributed by atoms with Gasteiger partial charge in [-0.05, 0) is 13.0 Å². The van der Waals surface area contributed by atoms with Crippen LogP contribution in [0.25, 0.3) is 0 Å². The molecule has 17 nitrogen and oxygen atoms in total. The molecule has 1 fully saturated rings. The fourth-order valence-corrected chi connectivity index (χ4v) is 6.30. The number of phosphoric acid groups is 1. The minimum Gasteiger partial charge on any atom is -0.387 e. The molecule has 0 aromatic carbocycles. The number of hydrogen-bond donors (Lipinski definition) is 9. The largest absolute Gasteiger partial charge is 0.479 e. The minimum atomic E-state index is -5.86. The summed E-state index contributed by atoms with van der Waals surface area (Å²) in [6, 6.07) is -0.787. The zero-order chi connectivity index (χ0) is 24.0. The third-order valence-corrected chi connectivity index (χ3v) is 10.2. The molecular formula is C11H22N3O14P3. The molecule has 2 aliphatic rings. The van der Waals surface area contributed by atoms with Crippen molar-refractivity contribution in [2.24, 2.45) is 5.73 Å². The zero-order valence-corrected chi connectivity index (χ0v) is 18.3. The molecular weight excluding hydrogens is 491 g/mol. The second-order valence-corrected chi connectivity index (χ2v) is 12.7. The Morgan fingerprint density at radius 1 is 1.23 bits per heavy atom. The van der Waals surface area contributed by atoms with Crippen LogP contribution in [0.1, 0.15) is 6.92 Å². The van der Waals surface area contributed by atoms with Crippen molar-refractivity contribution in [2.45, 2.75) is 42.7 Å². The lowest BCUT2D eigenvalue weighted by Gasteiger charge is -2.31. The molecule has 0 aliphatic carbocycles. The Balaban J connectivity index is 2.06. The molecule has 0 bridgehead atoms. The van der Waals surface area contributed by atoms with Gasteiger partial charge in [-0.15, -0.1) is 0 Å². The predicted octanol–water partition coefficient (Wildman–Crippen LogP) is -2.58. The number of amides is 2. The summed E-state index contributed by atoms with van der Waals surface area (Å²) in [5.74, 6) is 0. The van der Waals surface area contributed by atoms with Crippen LogP contribution in [0.3, 0.4) is 0 Å². The molecule has 180 valence electrons. The molecule has 0 spiro atoms. The third kappa shape index (κ3) is 5.61. The molecule has 2 aliphatic heterocycles. The van der Waals surface area contributed by atoms with Gasteiger partial charge in [0.15, 0.2) is 6.23 Å². The summed E-state index contributed by atoms with van der Waals surface area (Å²) in [5, 5.41) is 28.3. The van der Waals surface area contributed by atoms with Crippen molar-refractivity contribution in [1.82, 2.24) is 10.2 Å². The number of aliphatic hydroxyl groups excluding tert-OH is 2. The van der Waals surface area contributed by atoms with Crippen molar-refractivity contribution >= 4 is 29.0 Å². The minimum absolute atomic E-state index is 0.211. The Morgan fingerprint density at radius 2 is 1.81 bits per heavy atom.